The van der Waals surface area contributed by atoms with E-state index < -0.39 is 29.5 Å². The van der Waals surface area contributed by atoms with E-state index in [0.29, 0.717) is 5.69 Å². The number of aliphatic hydroxyl groups is 3. The maximum Gasteiger partial charge on any atom is 0.271 e. The van der Waals surface area contributed by atoms with Crippen molar-refractivity contribution in [1.82, 2.24) is 0 Å². The number of nitro benzene ring substituents is 1. The molecule has 20 heavy (non-hydrogen) atoms. The van der Waals surface area contributed by atoms with Gasteiger partial charge in [0.15, 0.2) is 6.23 Å². The minimum Gasteiger partial charge on any atom is -0.388 e. The Morgan fingerprint density at radius 2 is 2.05 bits per heavy atom. The number of anilines is 1. The first-order valence-corrected chi connectivity index (χ1v) is 6.07. The monoisotopic (exact) mass is 284 g/mol. The molecule has 0 bridgehead atoms. The third kappa shape index (κ3) is 2.88. The summed E-state index contributed by atoms with van der Waals surface area (Å²) in [6.07, 6.45) is -4.78. The first-order valence-electron chi connectivity index (χ1n) is 6.07. The number of rotatable bonds is 3. The minimum absolute atomic E-state index is 0.0935. The Bertz CT molecular complexity index is 509. The molecule has 110 valence electrons. The summed E-state index contributed by atoms with van der Waals surface area (Å²) in [5, 5.41) is 42.3. The third-order valence-electron chi connectivity index (χ3n) is 3.23. The van der Waals surface area contributed by atoms with Gasteiger partial charge in [0.05, 0.1) is 11.5 Å². The second-order valence-electron chi connectivity index (χ2n) is 4.70. The lowest BCUT2D eigenvalue weighted by Gasteiger charge is -2.36. The Balaban J connectivity index is 2.17. The third-order valence-corrected chi connectivity index (χ3v) is 3.23. The van der Waals surface area contributed by atoms with Crippen molar-refractivity contribution < 1.29 is 25.0 Å². The number of hydrogen-bond donors (Lipinski definition) is 4. The van der Waals surface area contributed by atoms with Crippen molar-refractivity contribution in [2.75, 3.05) is 11.9 Å². The fourth-order valence-electron chi connectivity index (χ4n) is 1.97. The smallest absolute Gasteiger partial charge is 0.271 e. The second-order valence-corrected chi connectivity index (χ2v) is 4.70. The molecule has 4 atom stereocenters. The van der Waals surface area contributed by atoms with Crippen LogP contribution in [0.25, 0.3) is 0 Å². The Labute approximate surface area is 114 Å². The molecule has 1 aromatic rings. The molecular formula is C12H16N2O6. The van der Waals surface area contributed by atoms with Crippen LogP contribution < -0.4 is 5.32 Å². The normalized spacial score (nSPS) is 30.0. The van der Waals surface area contributed by atoms with Crippen molar-refractivity contribution in [3.05, 3.63) is 33.9 Å². The van der Waals surface area contributed by atoms with Gasteiger partial charge in [-0.2, -0.15) is 0 Å². The fourth-order valence-corrected chi connectivity index (χ4v) is 1.97. The van der Waals surface area contributed by atoms with Crippen LogP contribution >= 0.6 is 0 Å². The summed E-state index contributed by atoms with van der Waals surface area (Å²) in [5.74, 6) is 0. The van der Waals surface area contributed by atoms with Crippen molar-refractivity contribution in [1.29, 1.82) is 0 Å². The lowest BCUT2D eigenvalue weighted by molar-refractivity contribution is -0.384. The standard InChI is InChI=1S/C12H16N2O6/c1-6-2-3-7(14(18)19)4-8(6)13-12-11(17)10(16)9(15)5-20-12/h2-4,9-13,15-17H,5H2,1H3/t9-,10-,11-,12+/m0/s1. The molecule has 2 rings (SSSR count). The van der Waals surface area contributed by atoms with E-state index in [1.54, 1.807) is 13.0 Å². The Kier molecular flexibility index (Phi) is 4.19. The van der Waals surface area contributed by atoms with E-state index in [-0.39, 0.29) is 12.3 Å². The lowest BCUT2D eigenvalue weighted by atomic mass is 10.0. The maximum atomic E-state index is 10.7. The Morgan fingerprint density at radius 1 is 1.35 bits per heavy atom. The molecule has 0 radical (unpaired) electrons. The molecule has 0 unspecified atom stereocenters. The highest BCUT2D eigenvalue weighted by molar-refractivity contribution is 5.57. The molecule has 0 aromatic heterocycles. The number of ether oxygens (including phenoxy) is 1. The molecule has 4 N–H and O–H groups in total. The average molecular weight is 284 g/mol. The van der Waals surface area contributed by atoms with Gasteiger partial charge in [-0.15, -0.1) is 0 Å². The summed E-state index contributed by atoms with van der Waals surface area (Å²) < 4.78 is 5.19. The summed E-state index contributed by atoms with van der Waals surface area (Å²) in [5.41, 5.74) is 1.06. The molecule has 0 spiro atoms. The van der Waals surface area contributed by atoms with Crippen molar-refractivity contribution in [3.63, 3.8) is 0 Å². The van der Waals surface area contributed by atoms with Crippen molar-refractivity contribution in [2.24, 2.45) is 0 Å². The van der Waals surface area contributed by atoms with Gasteiger partial charge in [-0.3, -0.25) is 10.1 Å². The van der Waals surface area contributed by atoms with Gasteiger partial charge in [-0.25, -0.2) is 0 Å². The lowest BCUT2D eigenvalue weighted by Crippen LogP contribution is -2.55. The van der Waals surface area contributed by atoms with Gasteiger partial charge in [0.2, 0.25) is 0 Å². The summed E-state index contributed by atoms with van der Waals surface area (Å²) in [7, 11) is 0. The van der Waals surface area contributed by atoms with E-state index in [1.165, 1.54) is 12.1 Å². The van der Waals surface area contributed by atoms with Gasteiger partial charge < -0.3 is 25.4 Å². The van der Waals surface area contributed by atoms with Gasteiger partial charge in [0.25, 0.3) is 5.69 Å². The first kappa shape index (κ1) is 14.7. The topological polar surface area (TPSA) is 125 Å². The minimum atomic E-state index is -1.34. The highest BCUT2D eigenvalue weighted by Gasteiger charge is 2.37. The van der Waals surface area contributed by atoms with Crippen molar-refractivity contribution in [2.45, 2.75) is 31.5 Å². The maximum absolute atomic E-state index is 10.7. The van der Waals surface area contributed by atoms with Crippen LogP contribution in [0.3, 0.4) is 0 Å². The SMILES string of the molecule is Cc1ccc([N+](=O)[O-])cc1N[C@@H]1OC[C@H](O)[C@H](O)[C@@H]1O. The molecular weight excluding hydrogens is 268 g/mol. The predicted octanol–water partition coefficient (Wildman–Crippen LogP) is -0.246. The summed E-state index contributed by atoms with van der Waals surface area (Å²) in [6.45, 7) is 1.61. The quantitative estimate of drug-likeness (QED) is 0.445. The van der Waals surface area contributed by atoms with E-state index in [4.69, 9.17) is 4.74 Å². The first-order chi connectivity index (χ1) is 9.40. The van der Waals surface area contributed by atoms with E-state index >= 15 is 0 Å². The Morgan fingerprint density at radius 3 is 2.70 bits per heavy atom. The zero-order valence-corrected chi connectivity index (χ0v) is 10.8. The van der Waals surface area contributed by atoms with Crippen LogP contribution in [-0.4, -0.2) is 51.4 Å². The number of hydrogen-bond acceptors (Lipinski definition) is 7. The number of aliphatic hydroxyl groups excluding tert-OH is 3. The molecule has 8 nitrogen and oxygen atoms in total. The molecule has 0 amide bonds. The van der Waals surface area contributed by atoms with Gasteiger partial charge >= 0.3 is 0 Å². The highest BCUT2D eigenvalue weighted by atomic mass is 16.6. The molecule has 0 saturated carbocycles. The van der Waals surface area contributed by atoms with E-state index in [9.17, 15) is 25.4 Å². The van der Waals surface area contributed by atoms with Crippen LogP contribution in [0.5, 0.6) is 0 Å². The van der Waals surface area contributed by atoms with Crippen LogP contribution in [0.2, 0.25) is 0 Å². The van der Waals surface area contributed by atoms with E-state index in [2.05, 4.69) is 5.32 Å². The fraction of sp³-hybridized carbons (Fsp3) is 0.500. The molecule has 8 heteroatoms. The average Bonchev–Trinajstić information content (AvgIpc) is 2.41. The molecule has 1 aromatic carbocycles. The van der Waals surface area contributed by atoms with Crippen LogP contribution in [0.1, 0.15) is 5.56 Å². The molecule has 1 fully saturated rings. The van der Waals surface area contributed by atoms with Gasteiger partial charge in [-0.05, 0) is 12.5 Å². The summed E-state index contributed by atoms with van der Waals surface area (Å²) in [4.78, 5) is 10.2. The second kappa shape index (κ2) is 5.71. The number of nitrogens with zero attached hydrogens (tertiary/aromatic N) is 1. The number of aryl methyl sites for hydroxylation is 1. The Hall–Kier alpha value is -1.74. The van der Waals surface area contributed by atoms with Gasteiger partial charge in [0, 0.05) is 17.8 Å². The number of nitrogens with one attached hydrogen (secondary N) is 1. The molecule has 1 heterocycles. The van der Waals surface area contributed by atoms with E-state index in [1.807, 2.05) is 0 Å². The van der Waals surface area contributed by atoms with Gasteiger partial charge in [-0.1, -0.05) is 6.07 Å². The summed E-state index contributed by atoms with van der Waals surface area (Å²) in [6, 6.07) is 4.26. The van der Waals surface area contributed by atoms with Gasteiger partial charge in [0.1, 0.15) is 18.3 Å². The van der Waals surface area contributed by atoms with Crippen LogP contribution in [0, 0.1) is 17.0 Å². The number of nitro groups is 1. The largest absolute Gasteiger partial charge is 0.388 e. The number of benzene rings is 1. The predicted molar refractivity (Wildman–Crippen MR) is 69.2 cm³/mol. The summed E-state index contributed by atoms with van der Waals surface area (Å²) >= 11 is 0. The molecule has 0 aliphatic carbocycles. The molecule has 1 aliphatic heterocycles. The zero-order valence-electron chi connectivity index (χ0n) is 10.8. The van der Waals surface area contributed by atoms with Crippen LogP contribution in [-0.2, 0) is 4.74 Å². The number of non-ortho nitro benzene ring substituents is 1. The van der Waals surface area contributed by atoms with E-state index in [0.717, 1.165) is 5.56 Å². The molecule has 1 aliphatic rings. The van der Waals surface area contributed by atoms with Crippen molar-refractivity contribution >= 4 is 11.4 Å². The zero-order chi connectivity index (χ0) is 14.9. The molecule has 1 saturated heterocycles. The van der Waals surface area contributed by atoms with Crippen molar-refractivity contribution in [3.8, 4) is 0 Å². The highest BCUT2D eigenvalue weighted by Crippen LogP contribution is 2.25. The van der Waals surface area contributed by atoms with Crippen LogP contribution in [0.15, 0.2) is 18.2 Å². The van der Waals surface area contributed by atoms with Crippen LogP contribution in [0.4, 0.5) is 11.4 Å².